The van der Waals surface area contributed by atoms with E-state index in [0.717, 1.165) is 37.8 Å². The zero-order chi connectivity index (χ0) is 16.8. The molecular formula is C18H20O4Ti. The van der Waals surface area contributed by atoms with Gasteiger partial charge in [-0.25, -0.2) is 32.9 Å². The molecule has 5 heteroatoms. The predicted molar refractivity (Wildman–Crippen MR) is 85.9 cm³/mol. The first-order chi connectivity index (χ1) is 10.5. The van der Waals surface area contributed by atoms with Crippen LogP contribution >= 0.6 is 0 Å². The molecule has 0 unspecified atom stereocenters. The van der Waals surface area contributed by atoms with E-state index in [1.807, 2.05) is 0 Å². The van der Waals surface area contributed by atoms with Crippen LogP contribution in [0.3, 0.4) is 0 Å². The topological polar surface area (TPSA) is 74.6 Å². The maximum atomic E-state index is 9.25. The summed E-state index contributed by atoms with van der Waals surface area (Å²) in [5, 5.41) is 15.2. The fourth-order valence-corrected chi connectivity index (χ4v) is 1.51. The Morgan fingerprint density at radius 1 is 0.957 bits per heavy atom. The van der Waals surface area contributed by atoms with Crippen LogP contribution in [0.25, 0.3) is 0 Å². The third-order valence-corrected chi connectivity index (χ3v) is 2.54. The van der Waals surface area contributed by atoms with Gasteiger partial charge in [0.05, 0.1) is 0 Å². The minimum Gasteiger partial charge on any atom is -0.478 e. The summed E-state index contributed by atoms with van der Waals surface area (Å²) in [6, 6.07) is 0. The summed E-state index contributed by atoms with van der Waals surface area (Å²) in [6.07, 6.45) is 21.3. The van der Waals surface area contributed by atoms with Crippen LogP contribution in [0.1, 0.15) is 25.7 Å². The molecule has 0 aromatic heterocycles. The minimum absolute atomic E-state index is 0. The van der Waals surface area contributed by atoms with Crippen molar-refractivity contribution in [2.45, 2.75) is 25.7 Å². The molecule has 0 radical (unpaired) electrons. The molecule has 4 nitrogen and oxygen atoms in total. The molecule has 2 aliphatic rings. The van der Waals surface area contributed by atoms with Gasteiger partial charge in [0.2, 0.25) is 0 Å². The van der Waals surface area contributed by atoms with Crippen molar-refractivity contribution < 1.29 is 41.5 Å². The zero-order valence-corrected chi connectivity index (χ0v) is 14.5. The molecular weight excluding hydrogens is 328 g/mol. The summed E-state index contributed by atoms with van der Waals surface area (Å²) in [5.74, 6) is -1.96. The maximum Gasteiger partial charge on any atom is 2.00 e. The average molecular weight is 348 g/mol. The quantitative estimate of drug-likeness (QED) is 0.452. The first kappa shape index (κ1) is 23.4. The molecule has 2 aliphatic carbocycles. The first-order valence-corrected chi connectivity index (χ1v) is 6.72. The van der Waals surface area contributed by atoms with Crippen molar-refractivity contribution in [3.63, 3.8) is 0 Å². The van der Waals surface area contributed by atoms with E-state index in [-0.39, 0.29) is 21.7 Å². The molecule has 0 aromatic rings. The molecule has 2 rings (SSSR count). The molecule has 0 amide bonds. The molecule has 120 valence electrons. The summed E-state index contributed by atoms with van der Waals surface area (Å²) in [5.41, 5.74) is 2.73. The van der Waals surface area contributed by atoms with Gasteiger partial charge in [-0.1, -0.05) is 26.0 Å². The number of rotatable bonds is 5. The van der Waals surface area contributed by atoms with Crippen molar-refractivity contribution in [3.05, 3.63) is 72.9 Å². The fraction of sp³-hybridized carbons (Fsp3) is 0.222. The van der Waals surface area contributed by atoms with Crippen molar-refractivity contribution >= 4 is 11.9 Å². The molecule has 0 aliphatic heterocycles. The van der Waals surface area contributed by atoms with E-state index < -0.39 is 11.9 Å². The van der Waals surface area contributed by atoms with Gasteiger partial charge in [-0.05, 0) is 0 Å². The normalized spacial score (nSPS) is 13.2. The fourth-order valence-electron chi connectivity index (χ4n) is 1.51. The van der Waals surface area contributed by atoms with Crippen LogP contribution < -0.4 is 0 Å². The van der Waals surface area contributed by atoms with Gasteiger partial charge in [0, 0.05) is 12.2 Å². The number of allylic oxidation sites excluding steroid dienone is 8. The van der Waals surface area contributed by atoms with E-state index in [4.69, 9.17) is 10.2 Å². The predicted octanol–water partition coefficient (Wildman–Crippen LogP) is 3.66. The van der Waals surface area contributed by atoms with Gasteiger partial charge in [-0.2, -0.15) is 12.2 Å². The standard InChI is InChI=1S/C12H12.2C3H4O2.Ti/c1-2-6-11(5-1)9-10-12-7-3-4-8-12;2*1-2-3(4)5;/h1,3,5,7H,2,4,9-10H2;2*2H,1H2,(H,4,5);/q-2;;;+2. The Bertz CT molecular complexity index is 477. The second kappa shape index (κ2) is 15.0. The Hall–Kier alpha value is -1.91. The van der Waals surface area contributed by atoms with Crippen LogP contribution in [0.15, 0.2) is 60.8 Å². The second-order valence-corrected chi connectivity index (χ2v) is 4.20. The van der Waals surface area contributed by atoms with Crippen molar-refractivity contribution in [1.82, 2.24) is 0 Å². The molecule has 0 atom stereocenters. The van der Waals surface area contributed by atoms with Gasteiger partial charge in [0.25, 0.3) is 0 Å². The van der Waals surface area contributed by atoms with Gasteiger partial charge in [0.1, 0.15) is 0 Å². The second-order valence-electron chi connectivity index (χ2n) is 4.20. The van der Waals surface area contributed by atoms with E-state index in [1.54, 1.807) is 0 Å². The van der Waals surface area contributed by atoms with Crippen LogP contribution in [0.5, 0.6) is 0 Å². The van der Waals surface area contributed by atoms with Gasteiger partial charge in [-0.3, -0.25) is 12.2 Å². The number of aliphatic carboxylic acids is 2. The number of carbonyl (C=O) groups is 2. The van der Waals surface area contributed by atoms with Crippen molar-refractivity contribution in [2.24, 2.45) is 0 Å². The Labute approximate surface area is 152 Å². The smallest absolute Gasteiger partial charge is 0.478 e. The van der Waals surface area contributed by atoms with Crippen LogP contribution in [0.2, 0.25) is 0 Å². The molecule has 0 saturated carbocycles. The van der Waals surface area contributed by atoms with E-state index in [2.05, 4.69) is 49.6 Å². The van der Waals surface area contributed by atoms with Gasteiger partial charge in [0.15, 0.2) is 0 Å². The molecule has 0 heterocycles. The Morgan fingerprint density at radius 3 is 1.43 bits per heavy atom. The molecule has 2 N–H and O–H groups in total. The summed E-state index contributed by atoms with van der Waals surface area (Å²) in [4.78, 5) is 18.5. The van der Waals surface area contributed by atoms with Crippen LogP contribution in [0.4, 0.5) is 0 Å². The van der Waals surface area contributed by atoms with Crippen molar-refractivity contribution in [3.8, 4) is 0 Å². The number of hydrogen-bond acceptors (Lipinski definition) is 2. The average Bonchev–Trinajstić information content (AvgIpc) is 3.19. The monoisotopic (exact) mass is 348 g/mol. The van der Waals surface area contributed by atoms with Crippen LogP contribution in [0, 0.1) is 12.2 Å². The Balaban J connectivity index is 0. The summed E-state index contributed by atoms with van der Waals surface area (Å²) in [6.45, 7) is 5.92. The SMILES string of the molecule is C=CC(=O)O.C=CC(=O)O.[C-]1=C(CCC2=[C-]CC=C2)C=CC1.[Ti+2]. The number of carboxylic acid groups (broad SMARTS) is 2. The van der Waals surface area contributed by atoms with Crippen molar-refractivity contribution in [1.29, 1.82) is 0 Å². The van der Waals surface area contributed by atoms with Crippen LogP contribution in [-0.2, 0) is 31.3 Å². The largest absolute Gasteiger partial charge is 2.00 e. The third kappa shape index (κ3) is 14.8. The minimum atomic E-state index is -0.981. The first-order valence-electron chi connectivity index (χ1n) is 6.72. The van der Waals surface area contributed by atoms with E-state index in [0.29, 0.717) is 0 Å². The van der Waals surface area contributed by atoms with E-state index >= 15 is 0 Å². The molecule has 0 spiro atoms. The maximum absolute atomic E-state index is 9.25. The third-order valence-electron chi connectivity index (χ3n) is 2.54. The molecule has 0 aromatic carbocycles. The summed E-state index contributed by atoms with van der Waals surface area (Å²) < 4.78 is 0. The molecule has 23 heavy (non-hydrogen) atoms. The van der Waals surface area contributed by atoms with Gasteiger partial charge in [-0.15, -0.1) is 12.8 Å². The van der Waals surface area contributed by atoms with Gasteiger partial charge < -0.3 is 10.2 Å². The summed E-state index contributed by atoms with van der Waals surface area (Å²) >= 11 is 0. The van der Waals surface area contributed by atoms with Gasteiger partial charge >= 0.3 is 33.7 Å². The molecule has 0 saturated heterocycles. The zero-order valence-electron chi connectivity index (χ0n) is 12.9. The van der Waals surface area contributed by atoms with E-state index in [1.165, 1.54) is 11.1 Å². The Morgan fingerprint density at radius 2 is 1.26 bits per heavy atom. The van der Waals surface area contributed by atoms with Crippen LogP contribution in [-0.4, -0.2) is 22.2 Å². The summed E-state index contributed by atoms with van der Waals surface area (Å²) in [7, 11) is 0. The molecule has 0 bridgehead atoms. The number of hydrogen-bond donors (Lipinski definition) is 2. The Kier molecular flexibility index (Phi) is 15.2. The number of carboxylic acids is 2. The van der Waals surface area contributed by atoms with E-state index in [9.17, 15) is 9.59 Å². The van der Waals surface area contributed by atoms with Crippen molar-refractivity contribution in [2.75, 3.05) is 0 Å². The molecule has 0 fully saturated rings.